The van der Waals surface area contributed by atoms with Gasteiger partial charge in [-0.05, 0) is 50.3 Å². The van der Waals surface area contributed by atoms with E-state index in [1.54, 1.807) is 0 Å². The van der Waals surface area contributed by atoms with Gasteiger partial charge in [0, 0.05) is 10.8 Å². The number of thioether (sulfide) groups is 1. The molecule has 2 aliphatic rings. The summed E-state index contributed by atoms with van der Waals surface area (Å²) in [5, 5.41) is 2.58. The fourth-order valence-electron chi connectivity index (χ4n) is 4.07. The Labute approximate surface area is 130 Å². The molecule has 2 saturated heterocycles. The van der Waals surface area contributed by atoms with Crippen molar-refractivity contribution in [2.24, 2.45) is 0 Å². The molecule has 2 nitrogen and oxygen atoms in total. The molecular formula is C18H23NOS. The molecule has 0 bridgehead atoms. The molecule has 0 N–H and O–H groups in total. The zero-order valence-corrected chi connectivity index (χ0v) is 13.3. The number of likely N-dealkylation sites (tertiary alicyclic amines) is 1. The Kier molecular flexibility index (Phi) is 3.72. The normalized spacial score (nSPS) is 23.4. The van der Waals surface area contributed by atoms with Crippen molar-refractivity contribution in [2.75, 3.05) is 24.6 Å². The molecule has 3 heterocycles. The molecule has 0 spiro atoms. The summed E-state index contributed by atoms with van der Waals surface area (Å²) in [6, 6.07) is 8.65. The molecule has 2 aromatic rings. The summed E-state index contributed by atoms with van der Waals surface area (Å²) in [7, 11) is 0. The zero-order chi connectivity index (χ0) is 14.1. The third-order valence-electron chi connectivity index (χ3n) is 5.21. The largest absolute Gasteiger partial charge is 0.466 e. The van der Waals surface area contributed by atoms with Crippen LogP contribution in [0.4, 0.5) is 0 Å². The molecule has 1 aromatic carbocycles. The van der Waals surface area contributed by atoms with Crippen molar-refractivity contribution in [1.82, 2.24) is 4.90 Å². The van der Waals surface area contributed by atoms with Gasteiger partial charge in [-0.2, -0.15) is 11.8 Å². The number of furan rings is 1. The zero-order valence-electron chi connectivity index (χ0n) is 12.5. The molecule has 1 aromatic heterocycles. The predicted molar refractivity (Wildman–Crippen MR) is 89.9 cm³/mol. The molecule has 0 aliphatic carbocycles. The summed E-state index contributed by atoms with van der Waals surface area (Å²) in [5.41, 5.74) is 0.148. The molecule has 21 heavy (non-hydrogen) atoms. The van der Waals surface area contributed by atoms with E-state index in [1.165, 1.54) is 73.2 Å². The van der Waals surface area contributed by atoms with E-state index in [0.717, 1.165) is 0 Å². The minimum atomic E-state index is 0.148. The third-order valence-corrected chi connectivity index (χ3v) is 6.20. The van der Waals surface area contributed by atoms with Crippen LogP contribution in [0, 0.1) is 0 Å². The molecule has 0 atom stereocenters. The molecule has 4 rings (SSSR count). The van der Waals surface area contributed by atoms with Gasteiger partial charge in [0.05, 0.1) is 11.8 Å². The topological polar surface area (TPSA) is 16.4 Å². The maximum absolute atomic E-state index is 6.16. The molecule has 0 radical (unpaired) electrons. The summed E-state index contributed by atoms with van der Waals surface area (Å²) >= 11 is 2.10. The van der Waals surface area contributed by atoms with E-state index >= 15 is 0 Å². The van der Waals surface area contributed by atoms with Gasteiger partial charge in [-0.1, -0.05) is 30.7 Å². The van der Waals surface area contributed by atoms with Crippen molar-refractivity contribution >= 4 is 22.5 Å². The standard InChI is InChI=1S/C18H23NOS/c1-4-10-19(11-5-1)18(8-12-21-13-9-18)17-16-7-3-2-6-15(16)14-20-17/h2-3,6-7,14H,1,4-5,8-13H2. The van der Waals surface area contributed by atoms with Gasteiger partial charge in [0.2, 0.25) is 0 Å². The first-order valence-electron chi connectivity index (χ1n) is 8.20. The number of rotatable bonds is 2. The van der Waals surface area contributed by atoms with Crippen LogP contribution in [0.2, 0.25) is 0 Å². The lowest BCUT2D eigenvalue weighted by molar-refractivity contribution is 0.0384. The van der Waals surface area contributed by atoms with Crippen LogP contribution < -0.4 is 0 Å². The van der Waals surface area contributed by atoms with Crippen LogP contribution in [-0.4, -0.2) is 29.5 Å². The van der Waals surface area contributed by atoms with E-state index in [1.807, 2.05) is 6.26 Å². The van der Waals surface area contributed by atoms with Crippen LogP contribution in [-0.2, 0) is 5.54 Å². The highest BCUT2D eigenvalue weighted by molar-refractivity contribution is 7.99. The first kappa shape index (κ1) is 13.7. The average molecular weight is 301 g/mol. The van der Waals surface area contributed by atoms with Gasteiger partial charge < -0.3 is 4.42 Å². The number of piperidine rings is 1. The summed E-state index contributed by atoms with van der Waals surface area (Å²) in [6.45, 7) is 2.47. The number of hydrogen-bond acceptors (Lipinski definition) is 3. The smallest absolute Gasteiger partial charge is 0.131 e. The quantitative estimate of drug-likeness (QED) is 0.804. The van der Waals surface area contributed by atoms with Gasteiger partial charge in [0.15, 0.2) is 0 Å². The van der Waals surface area contributed by atoms with Crippen molar-refractivity contribution < 1.29 is 4.42 Å². The van der Waals surface area contributed by atoms with Crippen LogP contribution in [0.15, 0.2) is 34.9 Å². The fraction of sp³-hybridized carbons (Fsp3) is 0.556. The second-order valence-electron chi connectivity index (χ2n) is 6.34. The monoisotopic (exact) mass is 301 g/mol. The number of hydrogen-bond donors (Lipinski definition) is 0. The SMILES string of the molecule is c1ccc2c(C3(N4CCCCC4)CCSCC3)occ2c1. The van der Waals surface area contributed by atoms with Crippen molar-refractivity contribution in [3.05, 3.63) is 36.3 Å². The number of nitrogens with zero attached hydrogens (tertiary/aromatic N) is 1. The Morgan fingerprint density at radius 1 is 1.00 bits per heavy atom. The first-order valence-corrected chi connectivity index (χ1v) is 9.35. The minimum Gasteiger partial charge on any atom is -0.466 e. The third kappa shape index (κ3) is 2.31. The molecular weight excluding hydrogens is 278 g/mol. The minimum absolute atomic E-state index is 0.148. The van der Waals surface area contributed by atoms with E-state index in [4.69, 9.17) is 4.42 Å². The second kappa shape index (κ2) is 5.69. The summed E-state index contributed by atoms with van der Waals surface area (Å²) in [6.07, 6.45) is 8.49. The maximum atomic E-state index is 6.16. The first-order chi connectivity index (χ1) is 10.4. The number of fused-ring (bicyclic) bond motifs is 1. The summed E-state index contributed by atoms with van der Waals surface area (Å²) in [4.78, 5) is 2.74. The van der Waals surface area contributed by atoms with Gasteiger partial charge >= 0.3 is 0 Å². The Hall–Kier alpha value is -0.930. The maximum Gasteiger partial charge on any atom is 0.131 e. The lowest BCUT2D eigenvalue weighted by atomic mass is 9.84. The molecule has 0 saturated carbocycles. The van der Waals surface area contributed by atoms with E-state index in [-0.39, 0.29) is 5.54 Å². The molecule has 0 amide bonds. The Morgan fingerprint density at radius 2 is 1.76 bits per heavy atom. The lowest BCUT2D eigenvalue weighted by Crippen LogP contribution is -2.50. The van der Waals surface area contributed by atoms with Crippen LogP contribution >= 0.6 is 11.8 Å². The van der Waals surface area contributed by atoms with E-state index in [2.05, 4.69) is 40.9 Å². The molecule has 112 valence electrons. The Morgan fingerprint density at radius 3 is 2.57 bits per heavy atom. The number of benzene rings is 1. The highest BCUT2D eigenvalue weighted by atomic mass is 32.2. The highest BCUT2D eigenvalue weighted by Gasteiger charge is 2.43. The summed E-state index contributed by atoms with van der Waals surface area (Å²) < 4.78 is 6.16. The van der Waals surface area contributed by atoms with Crippen LogP contribution in [0.25, 0.3) is 10.8 Å². The van der Waals surface area contributed by atoms with Crippen LogP contribution in [0.3, 0.4) is 0 Å². The van der Waals surface area contributed by atoms with Crippen molar-refractivity contribution in [3.8, 4) is 0 Å². The van der Waals surface area contributed by atoms with Crippen LogP contribution in [0.5, 0.6) is 0 Å². The van der Waals surface area contributed by atoms with Crippen LogP contribution in [0.1, 0.15) is 37.9 Å². The average Bonchev–Trinajstić information content (AvgIpc) is 3.01. The van der Waals surface area contributed by atoms with Gasteiger partial charge in [0.1, 0.15) is 5.76 Å². The molecule has 3 heteroatoms. The lowest BCUT2D eigenvalue weighted by Gasteiger charge is -2.46. The van der Waals surface area contributed by atoms with Gasteiger partial charge in [0.25, 0.3) is 0 Å². The van der Waals surface area contributed by atoms with E-state index in [9.17, 15) is 0 Å². The molecule has 2 fully saturated rings. The highest BCUT2D eigenvalue weighted by Crippen LogP contribution is 2.45. The Balaban J connectivity index is 1.81. The van der Waals surface area contributed by atoms with Gasteiger partial charge in [-0.15, -0.1) is 0 Å². The van der Waals surface area contributed by atoms with Crippen molar-refractivity contribution in [2.45, 2.75) is 37.6 Å². The van der Waals surface area contributed by atoms with Gasteiger partial charge in [-0.25, -0.2) is 0 Å². The second-order valence-corrected chi connectivity index (χ2v) is 7.57. The molecule has 2 aliphatic heterocycles. The van der Waals surface area contributed by atoms with E-state index < -0.39 is 0 Å². The fourth-order valence-corrected chi connectivity index (χ4v) is 5.24. The Bertz CT molecular complexity index is 608. The molecule has 0 unspecified atom stereocenters. The predicted octanol–water partition coefficient (Wildman–Crippen LogP) is 4.64. The van der Waals surface area contributed by atoms with Crippen molar-refractivity contribution in [1.29, 1.82) is 0 Å². The van der Waals surface area contributed by atoms with Gasteiger partial charge in [-0.3, -0.25) is 4.90 Å². The summed E-state index contributed by atoms with van der Waals surface area (Å²) in [5.74, 6) is 3.75. The van der Waals surface area contributed by atoms with Crippen molar-refractivity contribution in [3.63, 3.8) is 0 Å². The van der Waals surface area contributed by atoms with E-state index in [0.29, 0.717) is 0 Å².